The Hall–Kier alpha value is -3.08. The molecule has 1 aliphatic heterocycles. The van der Waals surface area contributed by atoms with Crippen LogP contribution in [0.3, 0.4) is 0 Å². The first kappa shape index (κ1) is 31.1. The number of nitrogens with one attached hydrogen (secondary N) is 1. The van der Waals surface area contributed by atoms with Crippen LogP contribution in [0.1, 0.15) is 51.1 Å². The number of hydrogen-bond donors (Lipinski definition) is 2. The molecule has 38 heavy (non-hydrogen) atoms. The molecule has 206 valence electrons. The lowest BCUT2D eigenvalue weighted by Gasteiger charge is -2.27. The van der Waals surface area contributed by atoms with Crippen LogP contribution in [0.5, 0.6) is 0 Å². The zero-order valence-corrected chi connectivity index (χ0v) is 22.9. The van der Waals surface area contributed by atoms with Crippen molar-refractivity contribution >= 4 is 40.5 Å². The van der Waals surface area contributed by atoms with Gasteiger partial charge in [0.1, 0.15) is 12.0 Å². The van der Waals surface area contributed by atoms with Gasteiger partial charge in [0, 0.05) is 25.0 Å². The zero-order valence-electron chi connectivity index (χ0n) is 21.4. The Labute approximate surface area is 229 Å². The predicted octanol–water partition coefficient (Wildman–Crippen LogP) is 7.93. The number of carbonyl (C=O) groups is 1. The Morgan fingerprint density at radius 1 is 1.16 bits per heavy atom. The van der Waals surface area contributed by atoms with Crippen molar-refractivity contribution in [2.45, 2.75) is 46.9 Å². The summed E-state index contributed by atoms with van der Waals surface area (Å²) in [6.07, 6.45) is 0.617. The molecule has 0 spiro atoms. The molecule has 3 aromatic rings. The van der Waals surface area contributed by atoms with Crippen molar-refractivity contribution in [2.75, 3.05) is 18.4 Å². The highest BCUT2D eigenvalue weighted by Crippen LogP contribution is 2.36. The second-order valence-corrected chi connectivity index (χ2v) is 8.22. The Balaban J connectivity index is 0.00000121. The molecule has 0 fully saturated rings. The molecule has 2 aromatic heterocycles. The van der Waals surface area contributed by atoms with Crippen LogP contribution in [0.4, 0.5) is 23.7 Å². The van der Waals surface area contributed by atoms with Crippen molar-refractivity contribution in [1.29, 1.82) is 0 Å². The highest BCUT2D eigenvalue weighted by atomic mass is 35.5. The van der Waals surface area contributed by atoms with Gasteiger partial charge in [0.25, 0.3) is 0 Å². The number of aromatic nitrogens is 2. The molecule has 0 aliphatic carbocycles. The van der Waals surface area contributed by atoms with Crippen molar-refractivity contribution in [3.8, 4) is 11.5 Å². The molecular formula is C26H29Cl2F3N4O3. The summed E-state index contributed by atoms with van der Waals surface area (Å²) in [5.74, 6) is 0.286. The van der Waals surface area contributed by atoms with Gasteiger partial charge in [0.2, 0.25) is 5.89 Å². The third kappa shape index (κ3) is 7.72. The summed E-state index contributed by atoms with van der Waals surface area (Å²) in [6, 6.07) is 4.23. The van der Waals surface area contributed by atoms with Crippen molar-refractivity contribution in [1.82, 2.24) is 14.9 Å². The molecule has 0 atom stereocenters. The van der Waals surface area contributed by atoms with Crippen LogP contribution < -0.4 is 5.32 Å². The summed E-state index contributed by atoms with van der Waals surface area (Å²) in [5.41, 5.74) is 1.55. The number of urea groups is 1. The molecule has 7 nitrogen and oxygen atoms in total. The monoisotopic (exact) mass is 572 g/mol. The molecule has 0 radical (unpaired) electrons. The third-order valence-electron chi connectivity index (χ3n) is 5.13. The van der Waals surface area contributed by atoms with Crippen LogP contribution in [0.25, 0.3) is 17.0 Å². The molecule has 1 aliphatic rings. The molecule has 2 N–H and O–H groups in total. The average Bonchev–Trinajstić information content (AvgIpc) is 3.40. The van der Waals surface area contributed by atoms with E-state index in [1.807, 2.05) is 33.8 Å². The van der Waals surface area contributed by atoms with E-state index < -0.39 is 22.8 Å². The van der Waals surface area contributed by atoms with Gasteiger partial charge in [-0.2, -0.15) is 13.2 Å². The minimum absolute atomic E-state index is 0.161. The minimum Gasteiger partial charge on any atom is -0.444 e. The molecule has 1 aromatic carbocycles. The summed E-state index contributed by atoms with van der Waals surface area (Å²) < 4.78 is 43.8. The molecular weight excluding hydrogens is 544 g/mol. The normalized spacial score (nSPS) is 13.0. The maximum absolute atomic E-state index is 12.8. The van der Waals surface area contributed by atoms with Crippen LogP contribution in [-0.2, 0) is 12.8 Å². The van der Waals surface area contributed by atoms with Gasteiger partial charge in [0.15, 0.2) is 0 Å². The van der Waals surface area contributed by atoms with Crippen molar-refractivity contribution in [3.05, 3.63) is 69.8 Å². The lowest BCUT2D eigenvalue weighted by Crippen LogP contribution is -2.38. The number of benzene rings is 1. The molecule has 0 saturated heterocycles. The molecule has 4 rings (SSSR count). The van der Waals surface area contributed by atoms with Gasteiger partial charge < -0.3 is 19.7 Å². The largest absolute Gasteiger partial charge is 0.444 e. The molecule has 0 saturated carbocycles. The number of carbonyl (C=O) groups excluding carboxylic acids is 1. The van der Waals surface area contributed by atoms with Gasteiger partial charge in [-0.15, -0.1) is 0 Å². The van der Waals surface area contributed by atoms with Gasteiger partial charge in [-0.05, 0) is 36.3 Å². The van der Waals surface area contributed by atoms with E-state index in [2.05, 4.69) is 15.3 Å². The highest BCUT2D eigenvalue weighted by molar-refractivity contribution is 6.32. The quantitative estimate of drug-likeness (QED) is 0.331. The summed E-state index contributed by atoms with van der Waals surface area (Å²) in [4.78, 5) is 22.6. The van der Waals surface area contributed by atoms with Crippen molar-refractivity contribution in [3.63, 3.8) is 0 Å². The number of nitrogens with zero attached hydrogens (tertiary/aromatic N) is 3. The van der Waals surface area contributed by atoms with Gasteiger partial charge in [-0.25, -0.2) is 9.78 Å². The summed E-state index contributed by atoms with van der Waals surface area (Å²) >= 11 is 12.1. The van der Waals surface area contributed by atoms with Crippen LogP contribution in [0.15, 0.2) is 47.2 Å². The van der Waals surface area contributed by atoms with Gasteiger partial charge in [-0.1, -0.05) is 57.0 Å². The number of pyridine rings is 1. The smallest absolute Gasteiger partial charge is 0.417 e. The summed E-state index contributed by atoms with van der Waals surface area (Å²) in [5, 5.41) is 11.6. The number of amides is 2. The van der Waals surface area contributed by atoms with E-state index in [0.29, 0.717) is 34.9 Å². The van der Waals surface area contributed by atoms with E-state index >= 15 is 0 Å². The number of anilines is 1. The molecule has 2 amide bonds. The zero-order chi connectivity index (χ0) is 28.5. The van der Waals surface area contributed by atoms with E-state index in [0.717, 1.165) is 23.8 Å². The number of alkyl halides is 3. The molecule has 0 bridgehead atoms. The maximum Gasteiger partial charge on any atom is 0.417 e. The maximum atomic E-state index is 12.8. The van der Waals surface area contributed by atoms with Crippen LogP contribution in [-0.4, -0.2) is 39.1 Å². The number of aliphatic hydroxyl groups is 1. The topological polar surface area (TPSA) is 91.5 Å². The Kier molecular flexibility index (Phi) is 11.6. The molecule has 0 unspecified atom stereocenters. The van der Waals surface area contributed by atoms with Crippen LogP contribution in [0, 0.1) is 0 Å². The first-order valence-electron chi connectivity index (χ1n) is 12.0. The van der Waals surface area contributed by atoms with E-state index in [9.17, 15) is 18.0 Å². The fourth-order valence-corrected chi connectivity index (χ4v) is 3.97. The molecule has 3 heterocycles. The van der Waals surface area contributed by atoms with Crippen molar-refractivity contribution in [2.24, 2.45) is 0 Å². The first-order chi connectivity index (χ1) is 18.2. The standard InChI is InChI=1S/C22H17Cl2F3N4O3.2C2H6/c23-17-8-14(1-2-16(17)22(25,26)27)30-21(33)31-5-3-12(4-6-31)19-18(24)7-13(9-28-19)20-29-15(10-32)11-34-20;2*1-2/h1-3,7-9,11,32H,4-6,10H2,(H,30,33);2*1-2H3. The lowest BCUT2D eigenvalue weighted by atomic mass is 10.0. The fraction of sp³-hybridized carbons (Fsp3) is 0.346. The summed E-state index contributed by atoms with van der Waals surface area (Å²) in [7, 11) is 0. The number of aliphatic hydroxyl groups excluding tert-OH is 1. The summed E-state index contributed by atoms with van der Waals surface area (Å²) in [6.45, 7) is 8.37. The van der Waals surface area contributed by atoms with Crippen LogP contribution in [0.2, 0.25) is 10.0 Å². The van der Waals surface area contributed by atoms with Gasteiger partial charge in [-0.3, -0.25) is 4.98 Å². The van der Waals surface area contributed by atoms with Gasteiger partial charge in [0.05, 0.1) is 33.5 Å². The third-order valence-corrected chi connectivity index (χ3v) is 5.73. The Morgan fingerprint density at radius 3 is 2.39 bits per heavy atom. The number of hydrogen-bond acceptors (Lipinski definition) is 5. The SMILES string of the molecule is CC.CC.O=C(Nc1ccc(C(F)(F)F)c(Cl)c1)N1CC=C(c2ncc(-c3nc(CO)co3)cc2Cl)CC1. The second-order valence-electron chi connectivity index (χ2n) is 7.40. The Bertz CT molecular complexity index is 1260. The van der Waals surface area contributed by atoms with E-state index in [4.69, 9.17) is 32.7 Å². The van der Waals surface area contributed by atoms with Gasteiger partial charge >= 0.3 is 12.2 Å². The lowest BCUT2D eigenvalue weighted by molar-refractivity contribution is -0.137. The average molecular weight is 573 g/mol. The van der Waals surface area contributed by atoms with E-state index in [1.54, 1.807) is 12.3 Å². The van der Waals surface area contributed by atoms with E-state index in [-0.39, 0.29) is 24.7 Å². The fourth-order valence-electron chi connectivity index (χ4n) is 3.40. The number of oxazole rings is 1. The van der Waals surface area contributed by atoms with Crippen molar-refractivity contribution < 1.29 is 27.5 Å². The molecule has 12 heteroatoms. The minimum atomic E-state index is -4.57. The Morgan fingerprint density at radius 2 is 1.87 bits per heavy atom. The van der Waals surface area contributed by atoms with E-state index in [1.165, 1.54) is 11.2 Å². The number of halogens is 5. The number of rotatable bonds is 4. The second kappa shape index (κ2) is 14.2. The van der Waals surface area contributed by atoms with Crippen LogP contribution >= 0.6 is 23.2 Å². The predicted molar refractivity (Wildman–Crippen MR) is 143 cm³/mol. The first-order valence-corrected chi connectivity index (χ1v) is 12.7. The highest BCUT2D eigenvalue weighted by Gasteiger charge is 2.33.